The lowest BCUT2D eigenvalue weighted by molar-refractivity contribution is -0.121. The molecule has 0 aliphatic heterocycles. The molecule has 1 aliphatic rings. The van der Waals surface area contributed by atoms with E-state index in [0.29, 0.717) is 12.6 Å². The summed E-state index contributed by atoms with van der Waals surface area (Å²) in [6.45, 7) is 2.05. The van der Waals surface area contributed by atoms with Crippen LogP contribution in [-0.2, 0) is 9.53 Å². The minimum absolute atomic E-state index is 0.0434. The van der Waals surface area contributed by atoms with Crippen LogP contribution in [0.1, 0.15) is 37.8 Å². The molecule has 0 spiro atoms. The van der Waals surface area contributed by atoms with Gasteiger partial charge >= 0.3 is 6.09 Å². The summed E-state index contributed by atoms with van der Waals surface area (Å²) < 4.78 is 4.89. The second-order valence-electron chi connectivity index (χ2n) is 4.87. The molecule has 1 fully saturated rings. The van der Waals surface area contributed by atoms with Gasteiger partial charge < -0.3 is 15.4 Å². The Morgan fingerprint density at radius 3 is 2.60 bits per heavy atom. The van der Waals surface area contributed by atoms with Gasteiger partial charge in [0.15, 0.2) is 0 Å². The molecule has 0 heterocycles. The van der Waals surface area contributed by atoms with Crippen LogP contribution in [0.3, 0.4) is 0 Å². The van der Waals surface area contributed by atoms with E-state index < -0.39 is 6.09 Å². The topological polar surface area (TPSA) is 67.4 Å². The quantitative estimate of drug-likeness (QED) is 0.836. The SMILES string of the molecule is CCOC(=O)N[C@@H](CC(=O)NC1CC1)c1ccccc1. The van der Waals surface area contributed by atoms with Crippen molar-refractivity contribution in [2.24, 2.45) is 0 Å². The Kier molecular flexibility index (Phi) is 4.98. The third-order valence-corrected chi connectivity index (χ3v) is 3.10. The summed E-state index contributed by atoms with van der Waals surface area (Å²) >= 11 is 0. The smallest absolute Gasteiger partial charge is 0.407 e. The summed E-state index contributed by atoms with van der Waals surface area (Å²) in [5.74, 6) is -0.0434. The summed E-state index contributed by atoms with van der Waals surface area (Å²) in [7, 11) is 0. The highest BCUT2D eigenvalue weighted by Gasteiger charge is 2.25. The average Bonchev–Trinajstić information content (AvgIpc) is 3.23. The van der Waals surface area contributed by atoms with Crippen LogP contribution in [0, 0.1) is 0 Å². The molecule has 108 valence electrons. The van der Waals surface area contributed by atoms with Gasteiger partial charge in [0.05, 0.1) is 19.1 Å². The highest BCUT2D eigenvalue weighted by molar-refractivity contribution is 5.78. The summed E-state index contributed by atoms with van der Waals surface area (Å²) in [4.78, 5) is 23.5. The van der Waals surface area contributed by atoms with Crippen molar-refractivity contribution in [2.45, 2.75) is 38.3 Å². The standard InChI is InChI=1S/C15H20N2O3/c1-2-20-15(19)17-13(11-6-4-3-5-7-11)10-14(18)16-12-8-9-12/h3-7,12-13H,2,8-10H2,1H3,(H,16,18)(H,17,19)/t13-/m0/s1. The molecule has 0 aromatic heterocycles. The highest BCUT2D eigenvalue weighted by Crippen LogP contribution is 2.21. The van der Waals surface area contributed by atoms with Crippen LogP contribution < -0.4 is 10.6 Å². The number of nitrogens with one attached hydrogen (secondary N) is 2. The Morgan fingerprint density at radius 2 is 2.00 bits per heavy atom. The zero-order valence-corrected chi connectivity index (χ0v) is 11.6. The van der Waals surface area contributed by atoms with Crippen LogP contribution in [-0.4, -0.2) is 24.6 Å². The van der Waals surface area contributed by atoms with Gasteiger partial charge in [0.2, 0.25) is 5.91 Å². The Labute approximate surface area is 118 Å². The predicted octanol–water partition coefficient (Wildman–Crippen LogP) is 2.14. The fourth-order valence-electron chi connectivity index (χ4n) is 1.95. The van der Waals surface area contributed by atoms with Crippen molar-refractivity contribution in [3.63, 3.8) is 0 Å². The van der Waals surface area contributed by atoms with Gasteiger partial charge in [-0.15, -0.1) is 0 Å². The minimum atomic E-state index is -0.499. The Morgan fingerprint density at radius 1 is 1.30 bits per heavy atom. The third kappa shape index (κ3) is 4.57. The van der Waals surface area contributed by atoms with Crippen LogP contribution in [0.25, 0.3) is 0 Å². The molecule has 1 atom stereocenters. The number of rotatable bonds is 6. The molecule has 0 unspecified atom stereocenters. The number of carbonyl (C=O) groups is 2. The van der Waals surface area contributed by atoms with Crippen molar-refractivity contribution in [3.8, 4) is 0 Å². The van der Waals surface area contributed by atoms with Crippen molar-refractivity contribution in [2.75, 3.05) is 6.61 Å². The predicted molar refractivity (Wildman–Crippen MR) is 75.1 cm³/mol. The van der Waals surface area contributed by atoms with Crippen LogP contribution >= 0.6 is 0 Å². The summed E-state index contributed by atoms with van der Waals surface area (Å²) in [6.07, 6.45) is 1.82. The molecule has 2 rings (SSSR count). The number of hydrogen-bond acceptors (Lipinski definition) is 3. The first-order valence-electron chi connectivity index (χ1n) is 6.96. The molecule has 2 N–H and O–H groups in total. The first kappa shape index (κ1) is 14.4. The van der Waals surface area contributed by atoms with Crippen molar-refractivity contribution < 1.29 is 14.3 Å². The largest absolute Gasteiger partial charge is 0.450 e. The molecule has 0 radical (unpaired) electrons. The van der Waals surface area contributed by atoms with E-state index >= 15 is 0 Å². The maximum absolute atomic E-state index is 11.9. The van der Waals surface area contributed by atoms with Gasteiger partial charge in [-0.1, -0.05) is 30.3 Å². The van der Waals surface area contributed by atoms with Gasteiger partial charge in [-0.05, 0) is 25.3 Å². The molecule has 1 aromatic carbocycles. The normalized spacial score (nSPS) is 15.2. The van der Waals surface area contributed by atoms with E-state index in [2.05, 4.69) is 10.6 Å². The van der Waals surface area contributed by atoms with Crippen molar-refractivity contribution in [3.05, 3.63) is 35.9 Å². The summed E-state index contributed by atoms with van der Waals surface area (Å²) in [6, 6.07) is 9.40. The molecule has 1 aromatic rings. The second-order valence-corrected chi connectivity index (χ2v) is 4.87. The van der Waals surface area contributed by atoms with Gasteiger partial charge in [0.25, 0.3) is 0 Å². The number of alkyl carbamates (subject to hydrolysis) is 1. The first-order chi connectivity index (χ1) is 9.69. The zero-order chi connectivity index (χ0) is 14.4. The lowest BCUT2D eigenvalue weighted by Crippen LogP contribution is -2.34. The Hall–Kier alpha value is -2.04. The molecule has 5 heteroatoms. The van der Waals surface area contributed by atoms with Crippen LogP contribution in [0.5, 0.6) is 0 Å². The van der Waals surface area contributed by atoms with Gasteiger partial charge in [0.1, 0.15) is 0 Å². The van der Waals surface area contributed by atoms with E-state index in [9.17, 15) is 9.59 Å². The first-order valence-corrected chi connectivity index (χ1v) is 6.96. The van der Waals surface area contributed by atoms with Gasteiger partial charge in [-0.2, -0.15) is 0 Å². The minimum Gasteiger partial charge on any atom is -0.450 e. The van der Waals surface area contributed by atoms with Crippen LogP contribution in [0.2, 0.25) is 0 Å². The van der Waals surface area contributed by atoms with Crippen molar-refractivity contribution >= 4 is 12.0 Å². The van der Waals surface area contributed by atoms with E-state index in [1.807, 2.05) is 30.3 Å². The second kappa shape index (κ2) is 6.93. The van der Waals surface area contributed by atoms with Crippen molar-refractivity contribution in [1.82, 2.24) is 10.6 Å². The van der Waals surface area contributed by atoms with E-state index in [0.717, 1.165) is 18.4 Å². The fraction of sp³-hybridized carbons (Fsp3) is 0.467. The maximum atomic E-state index is 11.9. The fourth-order valence-corrected chi connectivity index (χ4v) is 1.95. The van der Waals surface area contributed by atoms with Gasteiger partial charge in [-0.25, -0.2) is 4.79 Å². The monoisotopic (exact) mass is 276 g/mol. The number of hydrogen-bond donors (Lipinski definition) is 2. The van der Waals surface area contributed by atoms with E-state index in [4.69, 9.17) is 4.74 Å². The highest BCUT2D eigenvalue weighted by atomic mass is 16.5. The van der Waals surface area contributed by atoms with Gasteiger partial charge in [-0.3, -0.25) is 4.79 Å². The maximum Gasteiger partial charge on any atom is 0.407 e. The summed E-state index contributed by atoms with van der Waals surface area (Å²) in [5.41, 5.74) is 0.895. The van der Waals surface area contributed by atoms with Crippen molar-refractivity contribution in [1.29, 1.82) is 0 Å². The molecular formula is C15H20N2O3. The number of carbonyl (C=O) groups excluding carboxylic acids is 2. The van der Waals surface area contributed by atoms with Gasteiger partial charge in [0, 0.05) is 6.04 Å². The molecule has 0 saturated heterocycles. The number of benzene rings is 1. The number of amides is 2. The summed E-state index contributed by atoms with van der Waals surface area (Å²) in [5, 5.41) is 5.67. The molecule has 0 bridgehead atoms. The van der Waals surface area contributed by atoms with E-state index in [1.165, 1.54) is 0 Å². The molecule has 20 heavy (non-hydrogen) atoms. The Balaban J connectivity index is 1.98. The lowest BCUT2D eigenvalue weighted by Gasteiger charge is -2.18. The third-order valence-electron chi connectivity index (χ3n) is 3.10. The lowest BCUT2D eigenvalue weighted by atomic mass is 10.0. The Bertz CT molecular complexity index is 457. The van der Waals surface area contributed by atoms with E-state index in [-0.39, 0.29) is 18.4 Å². The molecule has 2 amide bonds. The molecule has 1 saturated carbocycles. The molecule has 1 aliphatic carbocycles. The van der Waals surface area contributed by atoms with Crippen LogP contribution in [0.4, 0.5) is 4.79 Å². The average molecular weight is 276 g/mol. The van der Waals surface area contributed by atoms with Crippen LogP contribution in [0.15, 0.2) is 30.3 Å². The molecule has 5 nitrogen and oxygen atoms in total. The molecular weight excluding hydrogens is 256 g/mol. The van der Waals surface area contributed by atoms with E-state index in [1.54, 1.807) is 6.92 Å². The zero-order valence-electron chi connectivity index (χ0n) is 11.6. The number of ether oxygens (including phenoxy) is 1.